The molecule has 0 saturated carbocycles. The summed E-state index contributed by atoms with van der Waals surface area (Å²) in [6, 6.07) is 0. The van der Waals surface area contributed by atoms with Gasteiger partial charge in [-0.15, -0.1) is 0 Å². The van der Waals surface area contributed by atoms with Gasteiger partial charge in [0.2, 0.25) is 0 Å². The molecular weight excluding hydrogens is 124 g/mol. The fourth-order valence-electron chi connectivity index (χ4n) is 0.441. The zero-order chi connectivity index (χ0) is 7.82. The lowest BCUT2D eigenvalue weighted by Gasteiger charge is -1.88. The number of nitrogens with zero attached hydrogens (tertiary/aromatic N) is 2. The van der Waals surface area contributed by atoms with Gasteiger partial charge >= 0.3 is 0 Å². The van der Waals surface area contributed by atoms with Crippen molar-refractivity contribution in [3.8, 4) is 0 Å². The van der Waals surface area contributed by atoms with Gasteiger partial charge in [0, 0.05) is 13.2 Å². The lowest BCUT2D eigenvalue weighted by atomic mass is 10.2. The summed E-state index contributed by atoms with van der Waals surface area (Å²) in [6.07, 6.45) is 7.60. The average Bonchev–Trinajstić information content (AvgIpc) is 1.87. The van der Waals surface area contributed by atoms with Crippen LogP contribution in [0.2, 0.25) is 0 Å². The van der Waals surface area contributed by atoms with Crippen molar-refractivity contribution in [3.05, 3.63) is 24.4 Å². The summed E-state index contributed by atoms with van der Waals surface area (Å²) in [5, 5.41) is 7.22. The maximum Gasteiger partial charge on any atom is 0.0491 e. The van der Waals surface area contributed by atoms with E-state index in [9.17, 15) is 0 Å². The molecule has 56 valence electrons. The summed E-state index contributed by atoms with van der Waals surface area (Å²) in [5.74, 6) is 0.600. The molecule has 2 heteroatoms. The second-order valence-corrected chi connectivity index (χ2v) is 2.29. The maximum atomic E-state index is 3.66. The number of allylic oxidation sites excluding steroid dienone is 3. The molecule has 10 heavy (non-hydrogen) atoms. The van der Waals surface area contributed by atoms with Gasteiger partial charge in [-0.25, -0.2) is 0 Å². The molecule has 0 heterocycles. The van der Waals surface area contributed by atoms with Crippen molar-refractivity contribution < 1.29 is 0 Å². The first-order chi connectivity index (χ1) is 4.77. The quantitative estimate of drug-likeness (QED) is 0.423. The van der Waals surface area contributed by atoms with E-state index < -0.39 is 0 Å². The SMILES string of the molecule is CN=N/C=C\C=C\C(C)C. The number of hydrogen-bond acceptors (Lipinski definition) is 2. The van der Waals surface area contributed by atoms with Gasteiger partial charge < -0.3 is 0 Å². The van der Waals surface area contributed by atoms with Gasteiger partial charge in [-0.05, 0) is 12.0 Å². The van der Waals surface area contributed by atoms with E-state index in [1.165, 1.54) is 0 Å². The van der Waals surface area contributed by atoms with E-state index in [1.807, 2.05) is 12.2 Å². The highest BCUT2D eigenvalue weighted by Gasteiger charge is 1.78. The van der Waals surface area contributed by atoms with Gasteiger partial charge in [-0.1, -0.05) is 26.0 Å². The molecule has 0 aliphatic heterocycles. The van der Waals surface area contributed by atoms with Crippen LogP contribution in [-0.4, -0.2) is 7.05 Å². The number of hydrogen-bond donors (Lipinski definition) is 0. The van der Waals surface area contributed by atoms with Crippen molar-refractivity contribution >= 4 is 0 Å². The predicted molar refractivity (Wildman–Crippen MR) is 43.9 cm³/mol. The summed E-state index contributed by atoms with van der Waals surface area (Å²) in [4.78, 5) is 0. The second kappa shape index (κ2) is 6.20. The highest BCUT2D eigenvalue weighted by molar-refractivity contribution is 5.02. The van der Waals surface area contributed by atoms with Crippen molar-refractivity contribution in [3.63, 3.8) is 0 Å². The second-order valence-electron chi connectivity index (χ2n) is 2.29. The highest BCUT2D eigenvalue weighted by atomic mass is 15.1. The molecule has 0 bridgehead atoms. The van der Waals surface area contributed by atoms with E-state index in [1.54, 1.807) is 13.2 Å². The van der Waals surface area contributed by atoms with Crippen LogP contribution in [-0.2, 0) is 0 Å². The van der Waals surface area contributed by atoms with Crippen LogP contribution in [0.15, 0.2) is 34.7 Å². The van der Waals surface area contributed by atoms with Gasteiger partial charge in [0.15, 0.2) is 0 Å². The van der Waals surface area contributed by atoms with Crippen molar-refractivity contribution in [2.45, 2.75) is 13.8 Å². The van der Waals surface area contributed by atoms with Gasteiger partial charge in [-0.3, -0.25) is 0 Å². The third kappa shape index (κ3) is 7.08. The Labute approximate surface area is 62.4 Å². The molecule has 0 aliphatic rings. The van der Waals surface area contributed by atoms with E-state index >= 15 is 0 Å². The topological polar surface area (TPSA) is 24.7 Å². The molecule has 0 aliphatic carbocycles. The van der Waals surface area contributed by atoms with E-state index in [-0.39, 0.29) is 0 Å². The van der Waals surface area contributed by atoms with Crippen molar-refractivity contribution in [1.29, 1.82) is 0 Å². The van der Waals surface area contributed by atoms with Crippen LogP contribution < -0.4 is 0 Å². The summed E-state index contributed by atoms with van der Waals surface area (Å²) in [5.41, 5.74) is 0. The van der Waals surface area contributed by atoms with Crippen molar-refractivity contribution in [1.82, 2.24) is 0 Å². The Morgan fingerprint density at radius 1 is 1.20 bits per heavy atom. The molecule has 0 atom stereocenters. The van der Waals surface area contributed by atoms with E-state index in [4.69, 9.17) is 0 Å². The molecule has 0 unspecified atom stereocenters. The van der Waals surface area contributed by atoms with Crippen LogP contribution in [0.4, 0.5) is 0 Å². The fourth-order valence-corrected chi connectivity index (χ4v) is 0.441. The molecule has 2 nitrogen and oxygen atoms in total. The Kier molecular flexibility index (Phi) is 5.63. The molecular formula is C8H14N2. The third-order valence-electron chi connectivity index (χ3n) is 0.875. The van der Waals surface area contributed by atoms with Crippen molar-refractivity contribution in [2.24, 2.45) is 16.1 Å². The predicted octanol–water partition coefficient (Wildman–Crippen LogP) is 2.79. The monoisotopic (exact) mass is 138 g/mol. The summed E-state index contributed by atoms with van der Waals surface area (Å²) in [6.45, 7) is 4.26. The van der Waals surface area contributed by atoms with Crippen LogP contribution in [0.3, 0.4) is 0 Å². The Morgan fingerprint density at radius 2 is 1.90 bits per heavy atom. The number of rotatable bonds is 3. The van der Waals surface area contributed by atoms with E-state index in [0.29, 0.717) is 5.92 Å². The molecule has 0 N–H and O–H groups in total. The Bertz CT molecular complexity index is 143. The minimum Gasteiger partial charge on any atom is -0.193 e. The molecule has 0 fully saturated rings. The van der Waals surface area contributed by atoms with Gasteiger partial charge in [0.1, 0.15) is 0 Å². The summed E-state index contributed by atoms with van der Waals surface area (Å²) < 4.78 is 0. The van der Waals surface area contributed by atoms with E-state index in [2.05, 4.69) is 30.2 Å². The maximum absolute atomic E-state index is 3.66. The standard InChI is InChI=1S/C8H14N2/c1-8(2)6-4-5-7-10-9-3/h4-8H,1-3H3/b6-4+,7-5-,10-9?. The third-order valence-corrected chi connectivity index (χ3v) is 0.875. The minimum atomic E-state index is 0.600. The zero-order valence-electron chi connectivity index (χ0n) is 6.78. The molecule has 0 rings (SSSR count). The van der Waals surface area contributed by atoms with Crippen LogP contribution >= 0.6 is 0 Å². The molecule has 0 aromatic heterocycles. The Morgan fingerprint density at radius 3 is 2.40 bits per heavy atom. The minimum absolute atomic E-state index is 0.600. The average molecular weight is 138 g/mol. The number of azo groups is 1. The largest absolute Gasteiger partial charge is 0.193 e. The van der Waals surface area contributed by atoms with Crippen LogP contribution in [0.1, 0.15) is 13.8 Å². The summed E-state index contributed by atoms with van der Waals surface area (Å²) in [7, 11) is 1.65. The fraction of sp³-hybridized carbons (Fsp3) is 0.500. The molecule has 0 aromatic rings. The Balaban J connectivity index is 3.51. The van der Waals surface area contributed by atoms with Crippen LogP contribution in [0, 0.1) is 5.92 Å². The molecule has 0 saturated heterocycles. The molecule has 0 spiro atoms. The summed E-state index contributed by atoms with van der Waals surface area (Å²) >= 11 is 0. The normalized spacial score (nSPS) is 13.2. The van der Waals surface area contributed by atoms with Crippen molar-refractivity contribution in [2.75, 3.05) is 7.05 Å². The molecule has 0 radical (unpaired) electrons. The lowest BCUT2D eigenvalue weighted by molar-refractivity contribution is 0.832. The van der Waals surface area contributed by atoms with Crippen LogP contribution in [0.25, 0.3) is 0 Å². The first kappa shape index (κ1) is 9.08. The van der Waals surface area contributed by atoms with Gasteiger partial charge in [0.25, 0.3) is 0 Å². The smallest absolute Gasteiger partial charge is 0.0491 e. The first-order valence-corrected chi connectivity index (χ1v) is 3.39. The van der Waals surface area contributed by atoms with Gasteiger partial charge in [0.05, 0.1) is 0 Å². The molecule has 0 amide bonds. The highest BCUT2D eigenvalue weighted by Crippen LogP contribution is 1.93. The van der Waals surface area contributed by atoms with Crippen LogP contribution in [0.5, 0.6) is 0 Å². The van der Waals surface area contributed by atoms with E-state index in [0.717, 1.165) is 0 Å². The Hall–Kier alpha value is -0.920. The van der Waals surface area contributed by atoms with Gasteiger partial charge in [-0.2, -0.15) is 10.2 Å². The lowest BCUT2D eigenvalue weighted by Crippen LogP contribution is -1.74. The molecule has 0 aromatic carbocycles. The first-order valence-electron chi connectivity index (χ1n) is 3.39. The zero-order valence-corrected chi connectivity index (χ0v) is 6.78.